The number of para-hydroxylation sites is 1. The Labute approximate surface area is 166 Å². The minimum absolute atomic E-state index is 0.0940. The number of amides is 3. The summed E-state index contributed by atoms with van der Waals surface area (Å²) >= 11 is 1.15. The van der Waals surface area contributed by atoms with E-state index in [0.29, 0.717) is 5.69 Å². The van der Waals surface area contributed by atoms with E-state index in [1.165, 1.54) is 7.05 Å². The molecule has 0 radical (unpaired) electrons. The molecule has 0 N–H and O–H groups in total. The molecule has 1 aromatic rings. The van der Waals surface area contributed by atoms with Gasteiger partial charge in [-0.25, -0.2) is 4.79 Å². The van der Waals surface area contributed by atoms with Crippen LogP contribution in [0.25, 0.3) is 0 Å². The normalized spacial score (nSPS) is 36.6. The van der Waals surface area contributed by atoms with Crippen LogP contribution in [-0.4, -0.2) is 51.9 Å². The van der Waals surface area contributed by atoms with Crippen molar-refractivity contribution in [3.8, 4) is 0 Å². The molecule has 3 fully saturated rings. The van der Waals surface area contributed by atoms with Crippen molar-refractivity contribution in [1.29, 1.82) is 0 Å². The summed E-state index contributed by atoms with van der Waals surface area (Å²) in [5.41, 5.74) is 0.992. The van der Waals surface area contributed by atoms with Gasteiger partial charge in [0, 0.05) is 18.2 Å². The highest BCUT2D eigenvalue weighted by atomic mass is 32.2. The van der Waals surface area contributed by atoms with Gasteiger partial charge in [-0.05, 0) is 18.6 Å². The SMILES string of the molecule is CCOC(=O)[C@@]12S[C@@]3([C@@H]4C(=O)N(C)C(=O)[C@@H]41)N(C2=O)c1ccccc1C3(C)C. The molecular weight excluding hydrogens is 380 g/mol. The predicted molar refractivity (Wildman–Crippen MR) is 101 cm³/mol. The van der Waals surface area contributed by atoms with Crippen LogP contribution in [0.1, 0.15) is 26.3 Å². The third kappa shape index (κ3) is 1.48. The highest BCUT2D eigenvalue weighted by Gasteiger charge is 2.88. The fourth-order valence-corrected chi connectivity index (χ4v) is 7.81. The Hall–Kier alpha value is -2.35. The zero-order valence-electron chi connectivity index (χ0n) is 16.0. The van der Waals surface area contributed by atoms with Crippen LogP contribution in [0.15, 0.2) is 24.3 Å². The summed E-state index contributed by atoms with van der Waals surface area (Å²) < 4.78 is 3.55. The topological polar surface area (TPSA) is 84.0 Å². The van der Waals surface area contributed by atoms with E-state index in [-0.39, 0.29) is 12.5 Å². The van der Waals surface area contributed by atoms with Crippen LogP contribution >= 0.6 is 11.8 Å². The van der Waals surface area contributed by atoms with Crippen LogP contribution in [-0.2, 0) is 29.3 Å². The Kier molecular flexibility index (Phi) is 3.15. The lowest BCUT2D eigenvalue weighted by Crippen LogP contribution is -2.64. The molecule has 0 saturated carbocycles. The fraction of sp³-hybridized carbons (Fsp3) is 0.500. The average molecular weight is 400 g/mol. The number of fused-ring (bicyclic) bond motifs is 5. The molecule has 4 atom stereocenters. The van der Waals surface area contributed by atoms with Crippen LogP contribution in [0, 0.1) is 11.8 Å². The Morgan fingerprint density at radius 3 is 2.46 bits per heavy atom. The molecule has 4 aliphatic rings. The van der Waals surface area contributed by atoms with Crippen molar-refractivity contribution in [2.24, 2.45) is 11.8 Å². The van der Waals surface area contributed by atoms with Crippen molar-refractivity contribution >= 4 is 41.1 Å². The minimum Gasteiger partial charge on any atom is -0.465 e. The molecule has 4 heterocycles. The van der Waals surface area contributed by atoms with Gasteiger partial charge in [0.15, 0.2) is 0 Å². The third-order valence-electron chi connectivity index (χ3n) is 6.85. The summed E-state index contributed by atoms with van der Waals surface area (Å²) in [6.45, 7) is 5.71. The molecule has 7 nitrogen and oxygen atoms in total. The van der Waals surface area contributed by atoms with Gasteiger partial charge in [-0.1, -0.05) is 32.0 Å². The maximum atomic E-state index is 13.8. The van der Waals surface area contributed by atoms with Crippen molar-refractivity contribution in [2.45, 2.75) is 35.8 Å². The molecule has 4 aliphatic heterocycles. The van der Waals surface area contributed by atoms with Crippen molar-refractivity contribution in [2.75, 3.05) is 18.6 Å². The first-order chi connectivity index (χ1) is 13.2. The van der Waals surface area contributed by atoms with Gasteiger partial charge in [0.1, 0.15) is 4.87 Å². The predicted octanol–water partition coefficient (Wildman–Crippen LogP) is 1.30. The first kappa shape index (κ1) is 17.7. The third-order valence-corrected chi connectivity index (χ3v) is 9.02. The van der Waals surface area contributed by atoms with Gasteiger partial charge in [0.25, 0.3) is 5.91 Å². The van der Waals surface area contributed by atoms with Crippen LogP contribution < -0.4 is 4.90 Å². The fourth-order valence-electron chi connectivity index (χ4n) is 5.63. The number of piperidine rings is 1. The molecule has 0 unspecified atom stereocenters. The number of benzene rings is 1. The molecule has 1 aromatic carbocycles. The van der Waals surface area contributed by atoms with E-state index in [1.54, 1.807) is 11.8 Å². The van der Waals surface area contributed by atoms with Gasteiger partial charge in [0.2, 0.25) is 16.6 Å². The lowest BCUT2D eigenvalue weighted by Gasteiger charge is -2.44. The van der Waals surface area contributed by atoms with Crippen LogP contribution in [0.3, 0.4) is 0 Å². The number of hydrogen-bond acceptors (Lipinski definition) is 6. The quantitative estimate of drug-likeness (QED) is 0.423. The summed E-state index contributed by atoms with van der Waals surface area (Å²) in [5.74, 6) is -3.83. The zero-order chi connectivity index (χ0) is 20.2. The van der Waals surface area contributed by atoms with E-state index in [2.05, 4.69) is 0 Å². The number of carbonyl (C=O) groups is 4. The average Bonchev–Trinajstić information content (AvgIpc) is 3.27. The van der Waals surface area contributed by atoms with Crippen molar-refractivity contribution in [3.63, 3.8) is 0 Å². The van der Waals surface area contributed by atoms with Gasteiger partial charge in [-0.2, -0.15) is 0 Å². The van der Waals surface area contributed by atoms with Crippen LogP contribution in [0.4, 0.5) is 5.69 Å². The number of rotatable bonds is 2. The first-order valence-electron chi connectivity index (χ1n) is 9.31. The Morgan fingerprint density at radius 1 is 1.14 bits per heavy atom. The molecule has 146 valence electrons. The van der Waals surface area contributed by atoms with E-state index in [9.17, 15) is 19.2 Å². The largest absolute Gasteiger partial charge is 0.465 e. The smallest absolute Gasteiger partial charge is 0.332 e. The number of carbonyl (C=O) groups excluding carboxylic acids is 4. The molecule has 28 heavy (non-hydrogen) atoms. The van der Waals surface area contributed by atoms with Crippen LogP contribution in [0.5, 0.6) is 0 Å². The first-order valence-corrected chi connectivity index (χ1v) is 10.1. The number of anilines is 1. The summed E-state index contributed by atoms with van der Waals surface area (Å²) in [5, 5.41) is 0. The zero-order valence-corrected chi connectivity index (χ0v) is 16.8. The number of likely N-dealkylation sites (tertiary alicyclic amines) is 1. The number of imide groups is 1. The van der Waals surface area contributed by atoms with Gasteiger partial charge in [-0.15, -0.1) is 11.8 Å². The summed E-state index contributed by atoms with van der Waals surface area (Å²) in [4.78, 5) is 54.7. The van der Waals surface area contributed by atoms with E-state index in [0.717, 1.165) is 22.2 Å². The van der Waals surface area contributed by atoms with Crippen molar-refractivity contribution in [1.82, 2.24) is 4.90 Å². The van der Waals surface area contributed by atoms with Gasteiger partial charge in [-0.3, -0.25) is 24.2 Å². The summed E-state index contributed by atoms with van der Waals surface area (Å²) in [6.07, 6.45) is 0. The van der Waals surface area contributed by atoms with Gasteiger partial charge >= 0.3 is 5.97 Å². The molecule has 2 bridgehead atoms. The van der Waals surface area contributed by atoms with Gasteiger partial charge in [0.05, 0.1) is 18.4 Å². The second-order valence-corrected chi connectivity index (χ2v) is 9.70. The maximum Gasteiger partial charge on any atom is 0.332 e. The minimum atomic E-state index is -1.72. The van der Waals surface area contributed by atoms with Crippen LogP contribution in [0.2, 0.25) is 0 Å². The lowest BCUT2D eigenvalue weighted by molar-refractivity contribution is -0.155. The molecule has 3 amide bonds. The van der Waals surface area contributed by atoms with E-state index in [4.69, 9.17) is 4.74 Å². The summed E-state index contributed by atoms with van der Waals surface area (Å²) in [6, 6.07) is 7.51. The highest BCUT2D eigenvalue weighted by molar-refractivity contribution is 8.04. The number of hydrogen-bond donors (Lipinski definition) is 0. The number of esters is 1. The monoisotopic (exact) mass is 400 g/mol. The second-order valence-electron chi connectivity index (χ2n) is 8.23. The number of ether oxygens (including phenoxy) is 1. The van der Waals surface area contributed by atoms with Gasteiger partial charge < -0.3 is 4.74 Å². The van der Waals surface area contributed by atoms with E-state index in [1.807, 2.05) is 38.1 Å². The second kappa shape index (κ2) is 4.97. The Bertz CT molecular complexity index is 991. The molecule has 1 spiro atoms. The van der Waals surface area contributed by atoms with E-state index >= 15 is 0 Å². The molecule has 8 heteroatoms. The molecule has 0 aliphatic carbocycles. The Morgan fingerprint density at radius 2 is 1.79 bits per heavy atom. The number of thioether (sulfide) groups is 1. The Balaban J connectivity index is 1.84. The maximum absolute atomic E-state index is 13.8. The highest BCUT2D eigenvalue weighted by Crippen LogP contribution is 2.76. The molecule has 0 aromatic heterocycles. The standard InChI is InChI=1S/C20H20N2O5S/c1-5-27-17(26)19-12-13(15(24)21(4)14(12)23)20(28-19)18(2,3)10-8-6-7-9-11(10)22(20)16(19)25/h6-9,12-13H,5H2,1-4H3/t12-,13+,19-,20-/m1/s1. The van der Waals surface area contributed by atoms with E-state index < -0.39 is 44.7 Å². The molecule has 3 saturated heterocycles. The molecule has 5 rings (SSSR count). The summed E-state index contributed by atoms with van der Waals surface area (Å²) in [7, 11) is 1.42. The van der Waals surface area contributed by atoms with Crippen molar-refractivity contribution < 1.29 is 23.9 Å². The number of nitrogens with zero attached hydrogens (tertiary/aromatic N) is 2. The lowest BCUT2D eigenvalue weighted by atomic mass is 9.66. The van der Waals surface area contributed by atoms with Crippen molar-refractivity contribution in [3.05, 3.63) is 29.8 Å². The molecular formula is C20H20N2O5S.